The number of hydrogen-bond donors (Lipinski definition) is 1. The first-order valence-corrected chi connectivity index (χ1v) is 4.55. The predicted molar refractivity (Wildman–Crippen MR) is 52.1 cm³/mol. The van der Waals surface area contributed by atoms with Crippen molar-refractivity contribution in [3.63, 3.8) is 0 Å². The Hall–Kier alpha value is -1.33. The highest BCUT2D eigenvalue weighted by atomic mass is 15.1. The highest BCUT2D eigenvalue weighted by molar-refractivity contribution is 5.13. The molecule has 0 spiro atoms. The quantitative estimate of drug-likeness (QED) is 0.713. The summed E-state index contributed by atoms with van der Waals surface area (Å²) in [6.07, 6.45) is 0.638. The Morgan fingerprint density at radius 3 is 2.62 bits per heavy atom. The number of nitriles is 1. The zero-order chi connectivity index (χ0) is 9.52. The molecule has 2 heteroatoms. The fourth-order valence-electron chi connectivity index (χ4n) is 1.30. The molecule has 0 amide bonds. The van der Waals surface area contributed by atoms with Crippen molar-refractivity contribution >= 4 is 0 Å². The molecule has 1 aromatic carbocycles. The van der Waals surface area contributed by atoms with E-state index in [1.54, 1.807) is 0 Å². The molecule has 0 aliphatic rings. The van der Waals surface area contributed by atoms with Crippen LogP contribution in [0.15, 0.2) is 30.3 Å². The van der Waals surface area contributed by atoms with Gasteiger partial charge in [-0.3, -0.25) is 0 Å². The topological polar surface area (TPSA) is 28.2 Å². The van der Waals surface area contributed by atoms with Crippen LogP contribution in [0, 0.1) is 11.3 Å². The molecule has 1 N–H and O–H groups in total. The van der Waals surface area contributed by atoms with Crippen LogP contribution < -0.4 is 4.90 Å². The third-order valence-corrected chi connectivity index (χ3v) is 2.01. The SMILES string of the molecule is C[NH+](CCC#N)Cc1ccccc1. The van der Waals surface area contributed by atoms with Crippen molar-refractivity contribution in [1.82, 2.24) is 0 Å². The standard InChI is InChI=1S/C11H14N2/c1-13(9-5-8-12)10-11-6-3-2-4-7-11/h2-4,6-7H,5,9-10H2,1H3/p+1. The van der Waals surface area contributed by atoms with Gasteiger partial charge in [-0.15, -0.1) is 0 Å². The number of nitrogens with zero attached hydrogens (tertiary/aromatic N) is 1. The van der Waals surface area contributed by atoms with E-state index in [4.69, 9.17) is 5.26 Å². The molecule has 0 radical (unpaired) electrons. The van der Waals surface area contributed by atoms with Crippen LogP contribution in [0.25, 0.3) is 0 Å². The molecule has 1 atom stereocenters. The zero-order valence-corrected chi connectivity index (χ0v) is 7.96. The molecule has 0 aliphatic carbocycles. The average Bonchev–Trinajstić information content (AvgIpc) is 2.16. The molecule has 1 unspecified atom stereocenters. The first-order chi connectivity index (χ1) is 6.33. The summed E-state index contributed by atoms with van der Waals surface area (Å²) >= 11 is 0. The van der Waals surface area contributed by atoms with E-state index in [1.165, 1.54) is 10.5 Å². The summed E-state index contributed by atoms with van der Waals surface area (Å²) in [5, 5.41) is 8.42. The summed E-state index contributed by atoms with van der Waals surface area (Å²) in [6.45, 7) is 1.92. The van der Waals surface area contributed by atoms with E-state index in [0.29, 0.717) is 6.42 Å². The van der Waals surface area contributed by atoms with Gasteiger partial charge < -0.3 is 4.90 Å². The molecule has 0 bridgehead atoms. The van der Waals surface area contributed by atoms with Crippen LogP contribution in [0.3, 0.4) is 0 Å². The number of rotatable bonds is 4. The van der Waals surface area contributed by atoms with Crippen LogP contribution in [-0.4, -0.2) is 13.6 Å². The van der Waals surface area contributed by atoms with Crippen molar-refractivity contribution in [2.45, 2.75) is 13.0 Å². The maximum atomic E-state index is 8.42. The highest BCUT2D eigenvalue weighted by Gasteiger charge is 2.01. The van der Waals surface area contributed by atoms with Gasteiger partial charge in [0.25, 0.3) is 0 Å². The van der Waals surface area contributed by atoms with E-state index >= 15 is 0 Å². The fourth-order valence-corrected chi connectivity index (χ4v) is 1.30. The second-order valence-corrected chi connectivity index (χ2v) is 3.28. The van der Waals surface area contributed by atoms with E-state index < -0.39 is 0 Å². The summed E-state index contributed by atoms with van der Waals surface area (Å²) in [5.74, 6) is 0. The monoisotopic (exact) mass is 175 g/mol. The van der Waals surface area contributed by atoms with E-state index in [2.05, 4.69) is 25.2 Å². The van der Waals surface area contributed by atoms with Crippen LogP contribution in [0.2, 0.25) is 0 Å². The summed E-state index contributed by atoms with van der Waals surface area (Å²) in [4.78, 5) is 1.38. The molecule has 1 aromatic rings. The van der Waals surface area contributed by atoms with Crippen LogP contribution in [0.5, 0.6) is 0 Å². The average molecular weight is 175 g/mol. The van der Waals surface area contributed by atoms with Gasteiger partial charge in [0.1, 0.15) is 6.54 Å². The van der Waals surface area contributed by atoms with Crippen molar-refractivity contribution in [2.75, 3.05) is 13.6 Å². The number of benzene rings is 1. The second kappa shape index (κ2) is 5.34. The molecule has 2 nitrogen and oxygen atoms in total. The summed E-state index contributed by atoms with van der Waals surface area (Å²) in [5.41, 5.74) is 1.33. The first-order valence-electron chi connectivity index (χ1n) is 4.55. The lowest BCUT2D eigenvalue weighted by molar-refractivity contribution is -0.893. The predicted octanol–water partition coefficient (Wildman–Crippen LogP) is 0.615. The minimum absolute atomic E-state index is 0.638. The normalized spacial score (nSPS) is 12.0. The number of hydrogen-bond acceptors (Lipinski definition) is 1. The van der Waals surface area contributed by atoms with Crippen LogP contribution >= 0.6 is 0 Å². The molecule has 0 heterocycles. The van der Waals surface area contributed by atoms with Crippen LogP contribution in [-0.2, 0) is 6.54 Å². The Bertz CT molecular complexity index is 274. The Balaban J connectivity index is 2.37. The molecular weight excluding hydrogens is 160 g/mol. The summed E-state index contributed by atoms with van der Waals surface area (Å²) in [6, 6.07) is 12.5. The van der Waals surface area contributed by atoms with Crippen molar-refractivity contribution in [1.29, 1.82) is 5.26 Å². The fraction of sp³-hybridized carbons (Fsp3) is 0.364. The van der Waals surface area contributed by atoms with E-state index in [-0.39, 0.29) is 0 Å². The van der Waals surface area contributed by atoms with Gasteiger partial charge in [-0.05, 0) is 0 Å². The maximum absolute atomic E-state index is 8.42. The van der Waals surface area contributed by atoms with Gasteiger partial charge in [0.2, 0.25) is 0 Å². The van der Waals surface area contributed by atoms with Gasteiger partial charge in [-0.2, -0.15) is 5.26 Å². The van der Waals surface area contributed by atoms with Crippen LogP contribution in [0.4, 0.5) is 0 Å². The molecule has 0 aliphatic heterocycles. The Morgan fingerprint density at radius 2 is 2.00 bits per heavy atom. The lowest BCUT2D eigenvalue weighted by Gasteiger charge is -2.11. The van der Waals surface area contributed by atoms with Crippen molar-refractivity contribution in [3.8, 4) is 6.07 Å². The molecule has 0 fully saturated rings. The van der Waals surface area contributed by atoms with Gasteiger partial charge in [-0.25, -0.2) is 0 Å². The van der Waals surface area contributed by atoms with Crippen molar-refractivity contribution < 1.29 is 4.90 Å². The second-order valence-electron chi connectivity index (χ2n) is 3.28. The Labute approximate surface area is 79.4 Å². The highest BCUT2D eigenvalue weighted by Crippen LogP contribution is 1.94. The first kappa shape index (κ1) is 9.76. The molecule has 1 rings (SSSR count). The lowest BCUT2D eigenvalue weighted by atomic mass is 10.2. The van der Waals surface area contributed by atoms with Crippen LogP contribution in [0.1, 0.15) is 12.0 Å². The molecule has 0 saturated heterocycles. The Kier molecular flexibility index (Phi) is 4.01. The van der Waals surface area contributed by atoms with Gasteiger partial charge in [-0.1, -0.05) is 30.3 Å². The van der Waals surface area contributed by atoms with Gasteiger partial charge in [0.15, 0.2) is 0 Å². The minimum atomic E-state index is 0.638. The van der Waals surface area contributed by atoms with Gasteiger partial charge in [0, 0.05) is 5.56 Å². The largest absolute Gasteiger partial charge is 0.333 e. The molecule has 13 heavy (non-hydrogen) atoms. The van der Waals surface area contributed by atoms with Gasteiger partial charge >= 0.3 is 0 Å². The van der Waals surface area contributed by atoms with E-state index in [1.807, 2.05) is 18.2 Å². The number of nitrogens with one attached hydrogen (secondary N) is 1. The molecule has 0 aromatic heterocycles. The van der Waals surface area contributed by atoms with E-state index in [0.717, 1.165) is 13.1 Å². The molecule has 68 valence electrons. The maximum Gasteiger partial charge on any atom is 0.103 e. The lowest BCUT2D eigenvalue weighted by Crippen LogP contribution is -3.07. The summed E-state index contributed by atoms with van der Waals surface area (Å²) in [7, 11) is 2.12. The smallest absolute Gasteiger partial charge is 0.103 e. The Morgan fingerprint density at radius 1 is 1.31 bits per heavy atom. The molecular formula is C11H15N2+. The van der Waals surface area contributed by atoms with Crippen molar-refractivity contribution in [2.24, 2.45) is 0 Å². The number of quaternary nitrogens is 1. The zero-order valence-electron chi connectivity index (χ0n) is 7.96. The van der Waals surface area contributed by atoms with Gasteiger partial charge in [0.05, 0.1) is 26.1 Å². The van der Waals surface area contributed by atoms with Crippen molar-refractivity contribution in [3.05, 3.63) is 35.9 Å². The van der Waals surface area contributed by atoms with E-state index in [9.17, 15) is 0 Å². The third kappa shape index (κ3) is 3.73. The molecule has 0 saturated carbocycles. The summed E-state index contributed by atoms with van der Waals surface area (Å²) < 4.78 is 0. The third-order valence-electron chi connectivity index (χ3n) is 2.01. The minimum Gasteiger partial charge on any atom is -0.333 e.